The Kier molecular flexibility index (Phi) is 6.43. The Bertz CT molecular complexity index is 583. The van der Waals surface area contributed by atoms with Gasteiger partial charge in [-0.25, -0.2) is 0 Å². The van der Waals surface area contributed by atoms with Gasteiger partial charge in [-0.05, 0) is 37.5 Å². The Morgan fingerprint density at radius 2 is 1.42 bits per heavy atom. The van der Waals surface area contributed by atoms with Gasteiger partial charge in [0, 0.05) is 12.5 Å². The van der Waals surface area contributed by atoms with Crippen molar-refractivity contribution in [3.8, 4) is 0 Å². The lowest BCUT2D eigenvalue weighted by atomic mass is 9.95. The molecule has 0 atom stereocenters. The molecule has 0 aliphatic heterocycles. The van der Waals surface area contributed by atoms with Crippen LogP contribution in [0.5, 0.6) is 0 Å². The summed E-state index contributed by atoms with van der Waals surface area (Å²) in [5.41, 5.74) is 0. The van der Waals surface area contributed by atoms with E-state index in [1.54, 1.807) is 0 Å². The highest BCUT2D eigenvalue weighted by atomic mass is 31.1. The number of amides is 1. The van der Waals surface area contributed by atoms with Crippen LogP contribution >= 0.6 is 7.92 Å². The highest BCUT2D eigenvalue weighted by molar-refractivity contribution is 7.73. The molecule has 2 aromatic carbocycles. The standard InChI is InChI=1S/C21H26NOP/c23-21(22-18-10-4-1-5-11-18)16-17-24(19-12-6-2-7-13-19)20-14-8-3-9-15-20/h2-3,6-9,12-15,18H,1,4-5,10-11,16-17H2,(H,22,23). The Morgan fingerprint density at radius 1 is 0.875 bits per heavy atom. The van der Waals surface area contributed by atoms with E-state index in [4.69, 9.17) is 0 Å². The van der Waals surface area contributed by atoms with Gasteiger partial charge in [-0.15, -0.1) is 0 Å². The Morgan fingerprint density at radius 3 is 1.96 bits per heavy atom. The Balaban J connectivity index is 1.63. The fraction of sp³-hybridized carbons (Fsp3) is 0.381. The molecule has 2 aromatic rings. The molecule has 0 heterocycles. The third-order valence-electron chi connectivity index (χ3n) is 4.67. The van der Waals surface area contributed by atoms with Crippen molar-refractivity contribution in [2.75, 3.05) is 6.16 Å². The topological polar surface area (TPSA) is 29.1 Å². The number of nitrogens with one attached hydrogen (secondary N) is 1. The largest absolute Gasteiger partial charge is 0.353 e. The van der Waals surface area contributed by atoms with Crippen LogP contribution in [0.15, 0.2) is 60.7 Å². The van der Waals surface area contributed by atoms with Gasteiger partial charge in [-0.3, -0.25) is 4.79 Å². The van der Waals surface area contributed by atoms with Gasteiger partial charge >= 0.3 is 0 Å². The highest BCUT2D eigenvalue weighted by Crippen LogP contribution is 2.34. The van der Waals surface area contributed by atoms with Crippen molar-refractivity contribution in [2.24, 2.45) is 0 Å². The van der Waals surface area contributed by atoms with Gasteiger partial charge in [0.25, 0.3) is 0 Å². The smallest absolute Gasteiger partial charge is 0.220 e. The van der Waals surface area contributed by atoms with Crippen molar-refractivity contribution < 1.29 is 4.79 Å². The lowest BCUT2D eigenvalue weighted by molar-refractivity contribution is -0.121. The second kappa shape index (κ2) is 8.99. The normalized spacial score (nSPS) is 15.4. The molecule has 0 radical (unpaired) electrons. The van der Waals surface area contributed by atoms with Gasteiger partial charge in [-0.1, -0.05) is 79.9 Å². The average Bonchev–Trinajstić information content (AvgIpc) is 2.64. The Hall–Kier alpha value is -1.66. The minimum atomic E-state index is -0.467. The van der Waals surface area contributed by atoms with Crippen LogP contribution < -0.4 is 15.9 Å². The molecule has 0 spiro atoms. The summed E-state index contributed by atoms with van der Waals surface area (Å²) in [5, 5.41) is 5.95. The molecule has 0 unspecified atom stereocenters. The zero-order valence-electron chi connectivity index (χ0n) is 14.2. The quantitative estimate of drug-likeness (QED) is 0.793. The number of rotatable bonds is 6. The Labute approximate surface area is 146 Å². The third-order valence-corrected chi connectivity index (χ3v) is 7.18. The monoisotopic (exact) mass is 339 g/mol. The highest BCUT2D eigenvalue weighted by Gasteiger charge is 2.18. The zero-order valence-corrected chi connectivity index (χ0v) is 15.1. The minimum Gasteiger partial charge on any atom is -0.353 e. The van der Waals surface area contributed by atoms with Gasteiger partial charge in [-0.2, -0.15) is 0 Å². The third kappa shape index (κ3) is 4.92. The second-order valence-electron chi connectivity index (χ2n) is 6.48. The van der Waals surface area contributed by atoms with Gasteiger partial charge in [0.15, 0.2) is 0 Å². The summed E-state index contributed by atoms with van der Waals surface area (Å²) in [6, 6.07) is 21.7. The summed E-state index contributed by atoms with van der Waals surface area (Å²) >= 11 is 0. The van der Waals surface area contributed by atoms with E-state index in [1.165, 1.54) is 29.9 Å². The van der Waals surface area contributed by atoms with Gasteiger partial charge in [0.1, 0.15) is 0 Å². The molecule has 0 saturated heterocycles. The van der Waals surface area contributed by atoms with E-state index in [1.807, 2.05) is 0 Å². The van der Waals surface area contributed by atoms with Gasteiger partial charge in [0.05, 0.1) is 0 Å². The van der Waals surface area contributed by atoms with Crippen molar-refractivity contribution in [1.29, 1.82) is 0 Å². The summed E-state index contributed by atoms with van der Waals surface area (Å²) in [7, 11) is -0.467. The van der Waals surface area contributed by atoms with Crippen molar-refractivity contribution in [3.63, 3.8) is 0 Å². The van der Waals surface area contributed by atoms with Crippen molar-refractivity contribution in [3.05, 3.63) is 60.7 Å². The molecule has 0 aromatic heterocycles. The maximum Gasteiger partial charge on any atom is 0.220 e. The fourth-order valence-corrected chi connectivity index (χ4v) is 5.69. The molecule has 126 valence electrons. The van der Waals surface area contributed by atoms with E-state index < -0.39 is 7.92 Å². The second-order valence-corrected chi connectivity index (χ2v) is 8.81. The van der Waals surface area contributed by atoms with Crippen LogP contribution in [0.4, 0.5) is 0 Å². The molecular formula is C21H26NOP. The lowest BCUT2D eigenvalue weighted by Crippen LogP contribution is -2.36. The maximum atomic E-state index is 12.4. The predicted octanol–water partition coefficient (Wildman–Crippen LogP) is 3.96. The molecular weight excluding hydrogens is 313 g/mol. The van der Waals surface area contributed by atoms with Crippen LogP contribution in [0.1, 0.15) is 38.5 Å². The minimum absolute atomic E-state index is 0.223. The average molecular weight is 339 g/mol. The first-order chi connectivity index (χ1) is 11.8. The summed E-state index contributed by atoms with van der Waals surface area (Å²) < 4.78 is 0. The first-order valence-electron chi connectivity index (χ1n) is 9.00. The number of carbonyl (C=O) groups is 1. The SMILES string of the molecule is O=C(CCP(c1ccccc1)c1ccccc1)NC1CCCCC1. The summed E-state index contributed by atoms with van der Waals surface area (Å²) in [5.74, 6) is 0.223. The number of hydrogen-bond donors (Lipinski definition) is 1. The molecule has 3 rings (SSSR count). The number of benzene rings is 2. The fourth-order valence-electron chi connectivity index (χ4n) is 3.38. The molecule has 1 N–H and O–H groups in total. The number of carbonyl (C=O) groups excluding carboxylic acids is 1. The summed E-state index contributed by atoms with van der Waals surface area (Å²) in [6.45, 7) is 0. The first kappa shape index (κ1) is 17.2. The molecule has 1 amide bonds. The van der Waals surface area contributed by atoms with E-state index in [0.29, 0.717) is 12.5 Å². The van der Waals surface area contributed by atoms with Crippen LogP contribution in [-0.4, -0.2) is 18.1 Å². The zero-order chi connectivity index (χ0) is 16.6. The molecule has 1 aliphatic rings. The van der Waals surface area contributed by atoms with Crippen LogP contribution in [0, 0.1) is 0 Å². The van der Waals surface area contributed by atoms with E-state index in [2.05, 4.69) is 66.0 Å². The molecule has 0 bridgehead atoms. The number of hydrogen-bond acceptors (Lipinski definition) is 1. The predicted molar refractivity (Wildman–Crippen MR) is 104 cm³/mol. The molecule has 3 heteroatoms. The molecule has 2 nitrogen and oxygen atoms in total. The van der Waals surface area contributed by atoms with Crippen molar-refractivity contribution >= 4 is 24.4 Å². The van der Waals surface area contributed by atoms with E-state index in [0.717, 1.165) is 19.0 Å². The van der Waals surface area contributed by atoms with Crippen LogP contribution in [0.25, 0.3) is 0 Å². The molecule has 1 aliphatic carbocycles. The van der Waals surface area contributed by atoms with E-state index in [-0.39, 0.29) is 5.91 Å². The van der Waals surface area contributed by atoms with E-state index in [9.17, 15) is 4.79 Å². The first-order valence-corrected chi connectivity index (χ1v) is 10.5. The van der Waals surface area contributed by atoms with Gasteiger partial charge in [0.2, 0.25) is 5.91 Å². The summed E-state index contributed by atoms with van der Waals surface area (Å²) in [6.07, 6.45) is 7.67. The molecule has 1 saturated carbocycles. The molecule has 24 heavy (non-hydrogen) atoms. The molecule has 1 fully saturated rings. The van der Waals surface area contributed by atoms with Crippen molar-refractivity contribution in [1.82, 2.24) is 5.32 Å². The van der Waals surface area contributed by atoms with Crippen LogP contribution in [-0.2, 0) is 4.79 Å². The van der Waals surface area contributed by atoms with E-state index >= 15 is 0 Å². The summed E-state index contributed by atoms with van der Waals surface area (Å²) in [4.78, 5) is 12.4. The van der Waals surface area contributed by atoms with Gasteiger partial charge < -0.3 is 5.32 Å². The maximum absolute atomic E-state index is 12.4. The van der Waals surface area contributed by atoms with Crippen molar-refractivity contribution in [2.45, 2.75) is 44.6 Å². The van der Waals surface area contributed by atoms with Crippen LogP contribution in [0.2, 0.25) is 0 Å². The van der Waals surface area contributed by atoms with Crippen LogP contribution in [0.3, 0.4) is 0 Å². The lowest BCUT2D eigenvalue weighted by Gasteiger charge is -2.23.